The molecule has 0 bridgehead atoms. The van der Waals surface area contributed by atoms with Crippen LogP contribution in [0.15, 0.2) is 29.4 Å². The van der Waals surface area contributed by atoms with Crippen LogP contribution >= 0.6 is 0 Å². The molecule has 2 aliphatic rings. The van der Waals surface area contributed by atoms with Gasteiger partial charge in [0.25, 0.3) is 0 Å². The molecule has 7 heteroatoms. The average molecular weight is 355 g/mol. The Hall–Kier alpha value is -2.15. The molecule has 7 nitrogen and oxygen atoms in total. The zero-order valence-corrected chi connectivity index (χ0v) is 15.6. The van der Waals surface area contributed by atoms with Crippen molar-refractivity contribution in [3.05, 3.63) is 30.2 Å². The van der Waals surface area contributed by atoms with Gasteiger partial charge < -0.3 is 10.6 Å². The zero-order valence-electron chi connectivity index (χ0n) is 15.6. The first-order valence-corrected chi connectivity index (χ1v) is 9.83. The number of likely N-dealkylation sites (tertiary alicyclic amines) is 1. The van der Waals surface area contributed by atoms with Crippen LogP contribution in [0.4, 0.5) is 0 Å². The van der Waals surface area contributed by atoms with Crippen molar-refractivity contribution >= 4 is 11.6 Å². The van der Waals surface area contributed by atoms with Crippen molar-refractivity contribution in [3.8, 4) is 0 Å². The topological polar surface area (TPSA) is 69.8 Å². The van der Waals surface area contributed by atoms with E-state index >= 15 is 0 Å². The third-order valence-corrected chi connectivity index (χ3v) is 5.65. The minimum absolute atomic E-state index is 0.496. The fraction of sp³-hybridized carbons (Fsp3) is 0.632. The molecule has 1 saturated heterocycles. The highest BCUT2D eigenvalue weighted by Crippen LogP contribution is 2.26. The fourth-order valence-corrected chi connectivity index (χ4v) is 4.25. The van der Waals surface area contributed by atoms with Crippen LogP contribution in [-0.4, -0.2) is 64.2 Å². The first kappa shape index (κ1) is 17.3. The van der Waals surface area contributed by atoms with Gasteiger partial charge in [0.15, 0.2) is 11.6 Å². The summed E-state index contributed by atoms with van der Waals surface area (Å²) in [6, 6.07) is 7.27. The molecule has 4 rings (SSSR count). The number of pyridine rings is 1. The minimum Gasteiger partial charge on any atom is -0.356 e. The Bertz CT molecular complexity index is 747. The van der Waals surface area contributed by atoms with E-state index in [4.69, 9.17) is 0 Å². The summed E-state index contributed by atoms with van der Waals surface area (Å²) < 4.78 is 2.04. The molecule has 1 atom stereocenters. The van der Waals surface area contributed by atoms with Crippen LogP contribution in [0.5, 0.6) is 0 Å². The average Bonchev–Trinajstić information content (AvgIpc) is 3.41. The SMILES string of the molecule is CN=C(NCCc1nnc2ccccn12)NC1CCN(C2CCCC2)C1. The number of aliphatic imine (C=N–C) groups is 1. The van der Waals surface area contributed by atoms with Gasteiger partial charge in [-0.15, -0.1) is 10.2 Å². The summed E-state index contributed by atoms with van der Waals surface area (Å²) in [6.45, 7) is 3.14. The summed E-state index contributed by atoms with van der Waals surface area (Å²) in [5, 5.41) is 15.5. The van der Waals surface area contributed by atoms with E-state index in [1.54, 1.807) is 0 Å². The van der Waals surface area contributed by atoms with Crippen molar-refractivity contribution in [3.63, 3.8) is 0 Å². The third-order valence-electron chi connectivity index (χ3n) is 5.65. The summed E-state index contributed by atoms with van der Waals surface area (Å²) in [6.07, 6.45) is 9.59. The lowest BCUT2D eigenvalue weighted by Gasteiger charge is -2.24. The number of hydrogen-bond donors (Lipinski definition) is 2. The number of nitrogens with one attached hydrogen (secondary N) is 2. The van der Waals surface area contributed by atoms with Crippen LogP contribution in [-0.2, 0) is 6.42 Å². The quantitative estimate of drug-likeness (QED) is 0.628. The van der Waals surface area contributed by atoms with Crippen LogP contribution in [0.25, 0.3) is 5.65 Å². The molecule has 2 fully saturated rings. The van der Waals surface area contributed by atoms with E-state index in [0.717, 1.165) is 43.0 Å². The Kier molecular flexibility index (Phi) is 5.34. The number of fused-ring (bicyclic) bond motifs is 1. The zero-order chi connectivity index (χ0) is 17.8. The van der Waals surface area contributed by atoms with Gasteiger partial charge in [-0.2, -0.15) is 0 Å². The second kappa shape index (κ2) is 8.03. The summed E-state index contributed by atoms with van der Waals surface area (Å²) in [5.41, 5.74) is 0.892. The Morgan fingerprint density at radius 2 is 2.12 bits per heavy atom. The van der Waals surface area contributed by atoms with Gasteiger partial charge in [0.05, 0.1) is 0 Å². The molecule has 2 aromatic rings. The largest absolute Gasteiger partial charge is 0.356 e. The molecule has 0 aromatic carbocycles. The summed E-state index contributed by atoms with van der Waals surface area (Å²) in [7, 11) is 1.84. The van der Waals surface area contributed by atoms with Crippen LogP contribution in [0.2, 0.25) is 0 Å². The minimum atomic E-state index is 0.496. The van der Waals surface area contributed by atoms with Crippen molar-refractivity contribution < 1.29 is 0 Å². The number of rotatable bonds is 5. The van der Waals surface area contributed by atoms with Gasteiger partial charge in [-0.3, -0.25) is 14.3 Å². The van der Waals surface area contributed by atoms with Crippen LogP contribution in [0, 0.1) is 0 Å². The first-order chi connectivity index (χ1) is 12.8. The maximum Gasteiger partial charge on any atom is 0.191 e. The van der Waals surface area contributed by atoms with E-state index in [1.807, 2.05) is 35.8 Å². The molecule has 140 valence electrons. The molecule has 1 unspecified atom stereocenters. The van der Waals surface area contributed by atoms with Crippen LogP contribution in [0.3, 0.4) is 0 Å². The third kappa shape index (κ3) is 3.82. The van der Waals surface area contributed by atoms with E-state index in [9.17, 15) is 0 Å². The molecular formula is C19H29N7. The van der Waals surface area contributed by atoms with Crippen molar-refractivity contribution in [2.24, 2.45) is 4.99 Å². The summed E-state index contributed by atoms with van der Waals surface area (Å²) >= 11 is 0. The highest BCUT2D eigenvalue weighted by molar-refractivity contribution is 5.80. The second-order valence-corrected chi connectivity index (χ2v) is 7.36. The number of aromatic nitrogens is 3. The normalized spacial score (nSPS) is 22.3. The highest BCUT2D eigenvalue weighted by atomic mass is 15.3. The number of nitrogens with zero attached hydrogens (tertiary/aromatic N) is 5. The van der Waals surface area contributed by atoms with Crippen molar-refractivity contribution in [1.29, 1.82) is 0 Å². The van der Waals surface area contributed by atoms with Gasteiger partial charge in [-0.1, -0.05) is 18.9 Å². The maximum absolute atomic E-state index is 4.39. The van der Waals surface area contributed by atoms with Gasteiger partial charge in [0, 0.05) is 51.4 Å². The molecule has 0 radical (unpaired) electrons. The summed E-state index contributed by atoms with van der Waals surface area (Å²) in [5.74, 6) is 1.86. The standard InChI is InChI=1S/C19H29N7/c1-20-19(22-15-10-13-25(14-15)16-6-2-3-7-16)21-11-9-18-24-23-17-8-4-5-12-26(17)18/h4-5,8,12,15-16H,2-3,6-7,9-11,13-14H2,1H3,(H2,20,21,22). The molecule has 3 heterocycles. The molecule has 2 aromatic heterocycles. The lowest BCUT2D eigenvalue weighted by molar-refractivity contribution is 0.242. The van der Waals surface area contributed by atoms with Crippen molar-refractivity contribution in [1.82, 2.24) is 30.1 Å². The molecule has 2 N–H and O–H groups in total. The van der Waals surface area contributed by atoms with E-state index in [-0.39, 0.29) is 0 Å². The molecular weight excluding hydrogens is 326 g/mol. The van der Waals surface area contributed by atoms with Gasteiger partial charge in [0.2, 0.25) is 0 Å². The number of hydrogen-bond acceptors (Lipinski definition) is 4. The Morgan fingerprint density at radius 1 is 1.23 bits per heavy atom. The van der Waals surface area contributed by atoms with Gasteiger partial charge in [-0.05, 0) is 31.4 Å². The smallest absolute Gasteiger partial charge is 0.191 e. The predicted octanol–water partition coefficient (Wildman–Crippen LogP) is 1.45. The summed E-state index contributed by atoms with van der Waals surface area (Å²) in [4.78, 5) is 7.06. The van der Waals surface area contributed by atoms with Crippen molar-refractivity contribution in [2.45, 2.75) is 50.6 Å². The fourth-order valence-electron chi connectivity index (χ4n) is 4.25. The van der Waals surface area contributed by atoms with Crippen LogP contribution in [0.1, 0.15) is 37.9 Å². The van der Waals surface area contributed by atoms with Gasteiger partial charge >= 0.3 is 0 Å². The Morgan fingerprint density at radius 3 is 2.96 bits per heavy atom. The first-order valence-electron chi connectivity index (χ1n) is 9.83. The lowest BCUT2D eigenvalue weighted by atomic mass is 10.2. The van der Waals surface area contributed by atoms with Gasteiger partial charge in [0.1, 0.15) is 5.82 Å². The van der Waals surface area contributed by atoms with E-state index in [0.29, 0.717) is 6.04 Å². The molecule has 26 heavy (non-hydrogen) atoms. The Labute approximate surface area is 154 Å². The second-order valence-electron chi connectivity index (χ2n) is 7.36. The van der Waals surface area contributed by atoms with E-state index in [2.05, 4.69) is 30.7 Å². The monoisotopic (exact) mass is 355 g/mol. The molecule has 1 aliphatic carbocycles. The molecule has 1 saturated carbocycles. The van der Waals surface area contributed by atoms with Crippen molar-refractivity contribution in [2.75, 3.05) is 26.7 Å². The lowest BCUT2D eigenvalue weighted by Crippen LogP contribution is -2.45. The predicted molar refractivity (Wildman–Crippen MR) is 103 cm³/mol. The number of guanidine groups is 1. The molecule has 0 amide bonds. The van der Waals surface area contributed by atoms with Crippen LogP contribution < -0.4 is 10.6 Å². The molecule has 0 spiro atoms. The molecule has 1 aliphatic heterocycles. The van der Waals surface area contributed by atoms with Gasteiger partial charge in [-0.25, -0.2) is 0 Å². The maximum atomic E-state index is 4.39. The highest BCUT2D eigenvalue weighted by Gasteiger charge is 2.30. The Balaban J connectivity index is 1.25. The van der Waals surface area contributed by atoms with E-state index in [1.165, 1.54) is 38.6 Å². The van der Waals surface area contributed by atoms with E-state index < -0.39 is 0 Å².